The number of fused-ring (bicyclic) bond motifs is 5. The zero-order valence-electron chi connectivity index (χ0n) is 12.9. The summed E-state index contributed by atoms with van der Waals surface area (Å²) in [6.45, 7) is 2.12. The molecule has 3 heteroatoms. The van der Waals surface area contributed by atoms with E-state index in [2.05, 4.69) is 6.92 Å². The van der Waals surface area contributed by atoms with Crippen molar-refractivity contribution in [3.8, 4) is 0 Å². The van der Waals surface area contributed by atoms with Gasteiger partial charge in [0.1, 0.15) is 12.0 Å². The maximum absolute atomic E-state index is 15.0. The third-order valence-corrected chi connectivity index (χ3v) is 7.64. The van der Waals surface area contributed by atoms with Gasteiger partial charge in [0.15, 0.2) is 0 Å². The van der Waals surface area contributed by atoms with E-state index in [-0.39, 0.29) is 17.4 Å². The third kappa shape index (κ3) is 1.95. The summed E-state index contributed by atoms with van der Waals surface area (Å²) in [5.41, 5.74) is -0.197. The van der Waals surface area contributed by atoms with Crippen LogP contribution in [0.3, 0.4) is 0 Å². The van der Waals surface area contributed by atoms with Gasteiger partial charge < -0.3 is 5.11 Å². The van der Waals surface area contributed by atoms with Crippen molar-refractivity contribution in [1.82, 2.24) is 0 Å². The molecule has 118 valence electrons. The summed E-state index contributed by atoms with van der Waals surface area (Å²) in [6.07, 6.45) is 5.84. The smallest absolute Gasteiger partial charge is 0.133 e. The molecule has 0 bridgehead atoms. The molecule has 0 heterocycles. The number of aliphatic hydroxyl groups excluding tert-OH is 1. The molecule has 4 rings (SSSR count). The van der Waals surface area contributed by atoms with Crippen LogP contribution in [-0.4, -0.2) is 23.2 Å². The highest BCUT2D eigenvalue weighted by Gasteiger charge is 2.60. The quantitative estimate of drug-likeness (QED) is 0.742. The molecule has 0 radical (unpaired) electrons. The predicted molar refractivity (Wildman–Crippen MR) is 78.4 cm³/mol. The zero-order chi connectivity index (χ0) is 14.8. The van der Waals surface area contributed by atoms with Crippen molar-refractivity contribution in [3.05, 3.63) is 0 Å². The highest BCUT2D eigenvalue weighted by atomic mass is 19.1. The second-order valence-corrected chi connectivity index (χ2v) is 8.45. The normalized spacial score (nSPS) is 56.5. The maximum Gasteiger partial charge on any atom is 0.133 e. The summed E-state index contributed by atoms with van der Waals surface area (Å²) in [5, 5.41) is 10.3. The number of alkyl halides is 1. The first-order valence-electron chi connectivity index (χ1n) is 8.84. The lowest BCUT2D eigenvalue weighted by atomic mass is 9.50. The fourth-order valence-corrected chi connectivity index (χ4v) is 6.65. The van der Waals surface area contributed by atoms with Crippen molar-refractivity contribution >= 4 is 5.78 Å². The molecule has 0 spiro atoms. The van der Waals surface area contributed by atoms with Crippen LogP contribution in [0.2, 0.25) is 0 Å². The Morgan fingerprint density at radius 2 is 1.95 bits per heavy atom. The van der Waals surface area contributed by atoms with Crippen LogP contribution in [-0.2, 0) is 4.79 Å². The molecule has 2 unspecified atom stereocenters. The Kier molecular flexibility index (Phi) is 3.22. The number of ketones is 1. The number of carbonyl (C=O) groups is 1. The first-order valence-corrected chi connectivity index (χ1v) is 8.84. The van der Waals surface area contributed by atoms with Crippen LogP contribution in [0.25, 0.3) is 0 Å². The minimum atomic E-state index is -0.773. The number of carbonyl (C=O) groups excluding carboxylic acids is 1. The van der Waals surface area contributed by atoms with Gasteiger partial charge in [-0.2, -0.15) is 0 Å². The van der Waals surface area contributed by atoms with Gasteiger partial charge in [-0.05, 0) is 73.5 Å². The Morgan fingerprint density at radius 1 is 1.14 bits per heavy atom. The second kappa shape index (κ2) is 4.78. The number of Topliss-reactive ketones (excluding diaryl/α,β-unsaturated/α-hetero) is 1. The van der Waals surface area contributed by atoms with Crippen molar-refractivity contribution in [2.75, 3.05) is 0 Å². The van der Waals surface area contributed by atoms with Crippen LogP contribution in [0.4, 0.5) is 4.39 Å². The van der Waals surface area contributed by atoms with E-state index in [1.165, 1.54) is 0 Å². The molecule has 0 aromatic rings. The van der Waals surface area contributed by atoms with Gasteiger partial charge in [0.25, 0.3) is 0 Å². The van der Waals surface area contributed by atoms with Gasteiger partial charge in [0, 0.05) is 12.8 Å². The highest BCUT2D eigenvalue weighted by molar-refractivity contribution is 5.79. The molecule has 0 saturated heterocycles. The molecule has 4 aliphatic carbocycles. The van der Waals surface area contributed by atoms with Gasteiger partial charge in [-0.15, -0.1) is 0 Å². The van der Waals surface area contributed by atoms with Crippen molar-refractivity contribution in [2.45, 2.75) is 70.6 Å². The molecule has 21 heavy (non-hydrogen) atoms. The molecule has 4 aliphatic rings. The van der Waals surface area contributed by atoms with Crippen molar-refractivity contribution in [2.24, 2.45) is 35.0 Å². The summed E-state index contributed by atoms with van der Waals surface area (Å²) >= 11 is 0. The Hall–Kier alpha value is -0.440. The minimum Gasteiger partial charge on any atom is -0.393 e. The number of halogens is 1. The number of hydrogen-bond acceptors (Lipinski definition) is 2. The average Bonchev–Trinajstić information content (AvgIpc) is 2.74. The fourth-order valence-electron chi connectivity index (χ4n) is 6.65. The lowest BCUT2D eigenvalue weighted by molar-refractivity contribution is -0.136. The van der Waals surface area contributed by atoms with Gasteiger partial charge in [-0.25, -0.2) is 4.39 Å². The Labute approximate surface area is 126 Å². The average molecular weight is 294 g/mol. The Bertz CT molecular complexity index is 450. The highest BCUT2D eigenvalue weighted by Crippen LogP contribution is 2.62. The van der Waals surface area contributed by atoms with Gasteiger partial charge in [-0.1, -0.05) is 6.92 Å². The molecule has 4 saturated carbocycles. The van der Waals surface area contributed by atoms with E-state index < -0.39 is 6.17 Å². The molecule has 0 aromatic carbocycles. The standard InChI is InChI=1S/C18H27FO2/c1-18-9-15(19)17-12-5-3-11(20)8-10(12)2-4-13(17)14(18)6-7-16(18)21/h10,12-17,21H,2-9H2,1H3/t10?,12-,13-,14-,15?,16-,17+,18-/m0/s1. The lowest BCUT2D eigenvalue weighted by Crippen LogP contribution is -2.54. The molecular formula is C18H27FO2. The summed E-state index contributed by atoms with van der Waals surface area (Å²) in [4.78, 5) is 11.7. The van der Waals surface area contributed by atoms with E-state index in [0.29, 0.717) is 48.7 Å². The first-order chi connectivity index (χ1) is 10.0. The third-order valence-electron chi connectivity index (χ3n) is 7.64. The van der Waals surface area contributed by atoms with Gasteiger partial charge >= 0.3 is 0 Å². The van der Waals surface area contributed by atoms with Crippen LogP contribution in [0, 0.1) is 35.0 Å². The van der Waals surface area contributed by atoms with Crippen LogP contribution >= 0.6 is 0 Å². The van der Waals surface area contributed by atoms with Crippen LogP contribution in [0.1, 0.15) is 58.3 Å². The second-order valence-electron chi connectivity index (χ2n) is 8.45. The number of rotatable bonds is 0. The van der Waals surface area contributed by atoms with E-state index in [0.717, 1.165) is 32.1 Å². The zero-order valence-corrected chi connectivity index (χ0v) is 12.9. The SMILES string of the molecule is C[C@]12CC(F)[C@H]3[C@@H](CCC4CC(=O)CC[C@@H]43)[C@@H]1CC[C@@H]2O. The molecule has 4 fully saturated rings. The first kappa shape index (κ1) is 14.2. The molecule has 0 aliphatic heterocycles. The fraction of sp³-hybridized carbons (Fsp3) is 0.944. The van der Waals surface area contributed by atoms with Crippen LogP contribution in [0.5, 0.6) is 0 Å². The minimum absolute atomic E-state index is 0.167. The molecule has 0 aromatic heterocycles. The lowest BCUT2D eigenvalue weighted by Gasteiger charge is -2.56. The van der Waals surface area contributed by atoms with Gasteiger partial charge in [0.05, 0.1) is 6.10 Å². The molecule has 8 atom stereocenters. The van der Waals surface area contributed by atoms with E-state index >= 15 is 4.39 Å². The van der Waals surface area contributed by atoms with Crippen molar-refractivity contribution in [1.29, 1.82) is 0 Å². The summed E-state index contributed by atoms with van der Waals surface area (Å²) in [7, 11) is 0. The van der Waals surface area contributed by atoms with E-state index in [1.807, 2.05) is 0 Å². The van der Waals surface area contributed by atoms with Gasteiger partial charge in [-0.3, -0.25) is 4.79 Å². The van der Waals surface area contributed by atoms with Crippen molar-refractivity contribution < 1.29 is 14.3 Å². The largest absolute Gasteiger partial charge is 0.393 e. The molecule has 1 N–H and O–H groups in total. The summed E-state index contributed by atoms with van der Waals surface area (Å²) in [5.74, 6) is 2.39. The van der Waals surface area contributed by atoms with E-state index in [1.54, 1.807) is 0 Å². The maximum atomic E-state index is 15.0. The van der Waals surface area contributed by atoms with Gasteiger partial charge in [0.2, 0.25) is 0 Å². The van der Waals surface area contributed by atoms with Crippen LogP contribution < -0.4 is 0 Å². The molecule has 0 amide bonds. The topological polar surface area (TPSA) is 37.3 Å². The Balaban J connectivity index is 1.63. The van der Waals surface area contributed by atoms with E-state index in [9.17, 15) is 9.90 Å². The van der Waals surface area contributed by atoms with Crippen LogP contribution in [0.15, 0.2) is 0 Å². The summed E-state index contributed by atoms with van der Waals surface area (Å²) < 4.78 is 15.0. The predicted octanol–water partition coefficient (Wildman–Crippen LogP) is 3.52. The summed E-state index contributed by atoms with van der Waals surface area (Å²) in [6, 6.07) is 0. The monoisotopic (exact) mass is 294 g/mol. The number of aliphatic hydroxyl groups is 1. The molecule has 2 nitrogen and oxygen atoms in total. The number of hydrogen-bond donors (Lipinski definition) is 1. The molecular weight excluding hydrogens is 267 g/mol. The van der Waals surface area contributed by atoms with Crippen molar-refractivity contribution in [3.63, 3.8) is 0 Å². The Morgan fingerprint density at radius 3 is 2.76 bits per heavy atom. The van der Waals surface area contributed by atoms with E-state index in [4.69, 9.17) is 0 Å².